The molecule has 1 amide bonds. The molecule has 0 saturated heterocycles. The number of halogens is 1. The Bertz CT molecular complexity index is 373. The van der Waals surface area contributed by atoms with Crippen LogP contribution in [0.3, 0.4) is 0 Å². The summed E-state index contributed by atoms with van der Waals surface area (Å²) in [7, 11) is 1.61. The summed E-state index contributed by atoms with van der Waals surface area (Å²) in [5.41, 5.74) is 0. The summed E-state index contributed by atoms with van der Waals surface area (Å²) in [6, 6.07) is 7.50. The third kappa shape index (κ3) is 4.98. The first-order valence-corrected chi connectivity index (χ1v) is 6.58. The Hall–Kier alpha value is -0.710. The Labute approximate surface area is 111 Å². The number of rotatable bonds is 6. The lowest BCUT2D eigenvalue weighted by molar-refractivity contribution is -0.120. The van der Waals surface area contributed by atoms with E-state index in [-0.39, 0.29) is 11.2 Å². The van der Waals surface area contributed by atoms with Crippen molar-refractivity contribution in [1.29, 1.82) is 0 Å². The molecule has 0 aromatic heterocycles. The molecule has 0 aliphatic carbocycles. The molecule has 1 unspecified atom stereocenters. The fourth-order valence-electron chi connectivity index (χ4n) is 1.20. The van der Waals surface area contributed by atoms with Crippen LogP contribution in [0.2, 0.25) is 5.02 Å². The highest BCUT2D eigenvalue weighted by atomic mass is 35.5. The zero-order valence-corrected chi connectivity index (χ0v) is 11.5. The van der Waals surface area contributed by atoms with Gasteiger partial charge in [-0.05, 0) is 19.1 Å². The largest absolute Gasteiger partial charge is 0.383 e. The van der Waals surface area contributed by atoms with E-state index in [1.807, 2.05) is 31.2 Å². The highest BCUT2D eigenvalue weighted by Gasteiger charge is 2.14. The van der Waals surface area contributed by atoms with E-state index in [0.717, 1.165) is 4.90 Å². The number of carbonyl (C=O) groups excluding carboxylic acids is 1. The van der Waals surface area contributed by atoms with Crippen LogP contribution >= 0.6 is 23.4 Å². The molecule has 1 rings (SSSR count). The molecule has 0 bridgehead atoms. The van der Waals surface area contributed by atoms with Crippen LogP contribution in [-0.2, 0) is 9.53 Å². The first-order valence-electron chi connectivity index (χ1n) is 5.33. The van der Waals surface area contributed by atoms with Crippen molar-refractivity contribution in [2.75, 3.05) is 20.3 Å². The monoisotopic (exact) mass is 273 g/mol. The van der Waals surface area contributed by atoms with E-state index in [2.05, 4.69) is 5.32 Å². The Balaban J connectivity index is 2.46. The average molecular weight is 274 g/mol. The van der Waals surface area contributed by atoms with Crippen LogP contribution in [0.25, 0.3) is 0 Å². The summed E-state index contributed by atoms with van der Waals surface area (Å²) in [5, 5.41) is 3.30. The SMILES string of the molecule is COCCNC(=O)C(C)Sc1ccccc1Cl. The number of methoxy groups -OCH3 is 1. The van der Waals surface area contributed by atoms with Crippen molar-refractivity contribution in [3.05, 3.63) is 29.3 Å². The highest BCUT2D eigenvalue weighted by molar-refractivity contribution is 8.00. The molecule has 1 atom stereocenters. The number of carbonyl (C=O) groups is 1. The van der Waals surface area contributed by atoms with Crippen LogP contribution in [0.5, 0.6) is 0 Å². The van der Waals surface area contributed by atoms with Gasteiger partial charge in [0.25, 0.3) is 0 Å². The van der Waals surface area contributed by atoms with Crippen LogP contribution in [0.15, 0.2) is 29.2 Å². The number of amides is 1. The molecule has 17 heavy (non-hydrogen) atoms. The number of ether oxygens (including phenoxy) is 1. The predicted octanol–water partition coefficient (Wildman–Crippen LogP) is 2.58. The van der Waals surface area contributed by atoms with Gasteiger partial charge in [-0.1, -0.05) is 23.7 Å². The van der Waals surface area contributed by atoms with Crippen LogP contribution in [0.1, 0.15) is 6.92 Å². The van der Waals surface area contributed by atoms with E-state index >= 15 is 0 Å². The minimum Gasteiger partial charge on any atom is -0.383 e. The number of hydrogen-bond acceptors (Lipinski definition) is 3. The molecule has 5 heteroatoms. The fraction of sp³-hybridized carbons (Fsp3) is 0.417. The lowest BCUT2D eigenvalue weighted by atomic mass is 10.4. The average Bonchev–Trinajstić information content (AvgIpc) is 2.32. The molecule has 0 radical (unpaired) electrons. The van der Waals surface area contributed by atoms with Crippen LogP contribution in [-0.4, -0.2) is 31.4 Å². The molecule has 3 nitrogen and oxygen atoms in total. The Kier molecular flexibility index (Phi) is 6.40. The summed E-state index contributed by atoms with van der Waals surface area (Å²) in [6.07, 6.45) is 0. The van der Waals surface area contributed by atoms with Gasteiger partial charge in [-0.15, -0.1) is 11.8 Å². The maximum atomic E-state index is 11.7. The summed E-state index contributed by atoms with van der Waals surface area (Å²) in [6.45, 7) is 2.91. The normalized spacial score (nSPS) is 12.2. The lowest BCUT2D eigenvalue weighted by Crippen LogP contribution is -2.33. The predicted molar refractivity (Wildman–Crippen MR) is 71.7 cm³/mol. The third-order valence-corrected chi connectivity index (χ3v) is 3.73. The second-order valence-electron chi connectivity index (χ2n) is 3.47. The van der Waals surface area contributed by atoms with Crippen molar-refractivity contribution in [1.82, 2.24) is 5.32 Å². The standard InChI is InChI=1S/C12H16ClNO2S/c1-9(12(15)14-7-8-16-2)17-11-6-4-3-5-10(11)13/h3-6,9H,7-8H2,1-2H3,(H,14,15). The lowest BCUT2D eigenvalue weighted by Gasteiger charge is -2.12. The van der Waals surface area contributed by atoms with Crippen LogP contribution in [0, 0.1) is 0 Å². The van der Waals surface area contributed by atoms with Gasteiger partial charge in [-0.3, -0.25) is 4.79 Å². The minimum atomic E-state index is -0.174. The van der Waals surface area contributed by atoms with Crippen molar-refractivity contribution < 1.29 is 9.53 Å². The maximum Gasteiger partial charge on any atom is 0.233 e. The molecule has 0 heterocycles. The first kappa shape index (κ1) is 14.4. The molecule has 1 aromatic carbocycles. The van der Waals surface area contributed by atoms with Crippen molar-refractivity contribution >= 4 is 29.3 Å². The van der Waals surface area contributed by atoms with E-state index in [9.17, 15) is 4.79 Å². The number of benzene rings is 1. The zero-order valence-electron chi connectivity index (χ0n) is 9.90. The van der Waals surface area contributed by atoms with E-state index in [1.165, 1.54) is 11.8 Å². The summed E-state index contributed by atoms with van der Waals surface area (Å²) in [4.78, 5) is 12.6. The Morgan fingerprint density at radius 1 is 1.53 bits per heavy atom. The molecule has 0 fully saturated rings. The molecular weight excluding hydrogens is 258 g/mol. The van der Waals surface area contributed by atoms with Gasteiger partial charge in [-0.25, -0.2) is 0 Å². The molecule has 1 aromatic rings. The molecular formula is C12H16ClNO2S. The zero-order chi connectivity index (χ0) is 12.7. The number of hydrogen-bond donors (Lipinski definition) is 1. The maximum absolute atomic E-state index is 11.7. The van der Waals surface area contributed by atoms with Gasteiger partial charge < -0.3 is 10.1 Å². The summed E-state index contributed by atoms with van der Waals surface area (Å²) < 4.78 is 4.87. The highest BCUT2D eigenvalue weighted by Crippen LogP contribution is 2.29. The van der Waals surface area contributed by atoms with Gasteiger partial charge in [0.15, 0.2) is 0 Å². The van der Waals surface area contributed by atoms with E-state index in [4.69, 9.17) is 16.3 Å². The topological polar surface area (TPSA) is 38.3 Å². The van der Waals surface area contributed by atoms with Crippen molar-refractivity contribution in [3.63, 3.8) is 0 Å². The molecule has 0 aliphatic rings. The quantitative estimate of drug-likeness (QED) is 0.640. The van der Waals surface area contributed by atoms with E-state index in [1.54, 1.807) is 7.11 Å². The van der Waals surface area contributed by atoms with Gasteiger partial charge in [0.05, 0.1) is 16.9 Å². The number of thioether (sulfide) groups is 1. The third-order valence-electron chi connectivity index (χ3n) is 2.12. The number of nitrogens with one attached hydrogen (secondary N) is 1. The van der Waals surface area contributed by atoms with Gasteiger partial charge in [0.1, 0.15) is 0 Å². The summed E-state index contributed by atoms with van der Waals surface area (Å²) in [5.74, 6) is -0.00744. The van der Waals surface area contributed by atoms with Crippen LogP contribution < -0.4 is 5.32 Å². The van der Waals surface area contributed by atoms with Crippen molar-refractivity contribution in [2.45, 2.75) is 17.1 Å². The van der Waals surface area contributed by atoms with Gasteiger partial charge in [0.2, 0.25) is 5.91 Å². The van der Waals surface area contributed by atoms with E-state index < -0.39 is 0 Å². The van der Waals surface area contributed by atoms with Crippen molar-refractivity contribution in [3.8, 4) is 0 Å². The summed E-state index contributed by atoms with van der Waals surface area (Å²) >= 11 is 7.48. The van der Waals surface area contributed by atoms with E-state index in [0.29, 0.717) is 18.2 Å². The van der Waals surface area contributed by atoms with Gasteiger partial charge >= 0.3 is 0 Å². The smallest absolute Gasteiger partial charge is 0.233 e. The minimum absolute atomic E-state index is 0.00744. The second-order valence-corrected chi connectivity index (χ2v) is 5.26. The van der Waals surface area contributed by atoms with Gasteiger partial charge in [0, 0.05) is 18.6 Å². The first-order chi connectivity index (χ1) is 8.15. The molecule has 0 aliphatic heterocycles. The van der Waals surface area contributed by atoms with Gasteiger partial charge in [-0.2, -0.15) is 0 Å². The second kappa shape index (κ2) is 7.58. The van der Waals surface area contributed by atoms with Crippen molar-refractivity contribution in [2.24, 2.45) is 0 Å². The fourth-order valence-corrected chi connectivity index (χ4v) is 2.38. The molecule has 0 spiro atoms. The Morgan fingerprint density at radius 3 is 2.88 bits per heavy atom. The molecule has 0 saturated carbocycles. The molecule has 94 valence electrons. The van der Waals surface area contributed by atoms with Crippen LogP contribution in [0.4, 0.5) is 0 Å². The molecule has 1 N–H and O–H groups in total. The Morgan fingerprint density at radius 2 is 2.24 bits per heavy atom.